The zero-order valence-electron chi connectivity index (χ0n) is 34.3. The van der Waals surface area contributed by atoms with E-state index in [1.165, 1.54) is 0 Å². The largest absolute Gasteiger partial charge is 0.508 e. The van der Waals surface area contributed by atoms with Crippen molar-refractivity contribution in [2.24, 2.45) is 0 Å². The lowest BCUT2D eigenvalue weighted by atomic mass is 9.86. The lowest BCUT2D eigenvalue weighted by molar-refractivity contribution is 0.259. The first-order valence-corrected chi connectivity index (χ1v) is 20.2. The second kappa shape index (κ2) is 18.4. The standard InChI is InChI=1S/C26H26O4.C25H25NO4/c1-3-4-14-29-22-11-8-18(9-12-22)26-25(19-6-5-7-20(27)15-19)17(2)23-16-21(28)10-13-24(23)30-26;1-16-22-15-21(29)10-11-23(22)30-25(24(16)18-4-3-5-20(28)14-18)17-6-8-19(9-7-17)26(2)12-13-27/h5-13,15-16,26-28H,3-4,14H2,1-2H3;3-11,14-15,25,27-29H,12-13H2,1-2H3. The molecule has 9 nitrogen and oxygen atoms in total. The van der Waals surface area contributed by atoms with Crippen molar-refractivity contribution in [3.8, 4) is 40.2 Å². The van der Waals surface area contributed by atoms with E-state index in [4.69, 9.17) is 14.2 Å². The van der Waals surface area contributed by atoms with Crippen molar-refractivity contribution >= 4 is 28.0 Å². The Morgan fingerprint density at radius 2 is 1.05 bits per heavy atom. The summed E-state index contributed by atoms with van der Waals surface area (Å²) in [6, 6.07) is 40.6. The molecule has 0 aromatic heterocycles. The Hall–Kier alpha value is -6.84. The molecule has 2 aliphatic heterocycles. The van der Waals surface area contributed by atoms with Crippen LogP contribution in [0.25, 0.3) is 22.3 Å². The molecule has 6 aromatic carbocycles. The number of hydrogen-bond donors (Lipinski definition) is 5. The number of anilines is 1. The van der Waals surface area contributed by atoms with Gasteiger partial charge in [0, 0.05) is 41.6 Å². The molecule has 60 heavy (non-hydrogen) atoms. The molecule has 2 atom stereocenters. The van der Waals surface area contributed by atoms with Crippen LogP contribution < -0.4 is 19.1 Å². The number of phenols is 4. The molecule has 0 saturated carbocycles. The number of allylic oxidation sites excluding steroid dienone is 2. The molecule has 2 heterocycles. The number of aliphatic hydroxyl groups is 1. The smallest absolute Gasteiger partial charge is 0.150 e. The fraction of sp³-hybridized carbons (Fsp3) is 0.216. The normalized spacial score (nSPS) is 15.5. The van der Waals surface area contributed by atoms with Gasteiger partial charge in [-0.05, 0) is 139 Å². The van der Waals surface area contributed by atoms with Crippen molar-refractivity contribution in [2.75, 3.05) is 31.7 Å². The van der Waals surface area contributed by atoms with Gasteiger partial charge in [-0.3, -0.25) is 0 Å². The minimum atomic E-state index is -0.360. The minimum absolute atomic E-state index is 0.0944. The fourth-order valence-electron chi connectivity index (χ4n) is 7.69. The monoisotopic (exact) mass is 805 g/mol. The fourth-order valence-corrected chi connectivity index (χ4v) is 7.69. The van der Waals surface area contributed by atoms with E-state index in [1.807, 2.05) is 98.6 Å². The Morgan fingerprint density at radius 3 is 1.50 bits per heavy atom. The van der Waals surface area contributed by atoms with Crippen LogP contribution in [0, 0.1) is 0 Å². The first kappa shape index (κ1) is 41.3. The number of fused-ring (bicyclic) bond motifs is 2. The van der Waals surface area contributed by atoms with Crippen molar-refractivity contribution in [2.45, 2.75) is 45.8 Å². The van der Waals surface area contributed by atoms with Crippen molar-refractivity contribution in [3.63, 3.8) is 0 Å². The molecule has 6 aromatic rings. The number of phenolic OH excluding ortho intramolecular Hbond substituents is 4. The van der Waals surface area contributed by atoms with E-state index in [9.17, 15) is 25.5 Å². The molecular formula is C51H51NO8. The lowest BCUT2D eigenvalue weighted by Crippen LogP contribution is -2.21. The van der Waals surface area contributed by atoms with Gasteiger partial charge < -0.3 is 44.6 Å². The van der Waals surface area contributed by atoms with E-state index in [1.54, 1.807) is 60.7 Å². The van der Waals surface area contributed by atoms with Crippen LogP contribution in [0.1, 0.15) is 79.2 Å². The van der Waals surface area contributed by atoms with Crippen LogP contribution in [-0.4, -0.2) is 52.3 Å². The van der Waals surface area contributed by atoms with E-state index < -0.39 is 0 Å². The highest BCUT2D eigenvalue weighted by atomic mass is 16.5. The molecular weight excluding hydrogens is 755 g/mol. The van der Waals surface area contributed by atoms with E-state index >= 15 is 0 Å². The number of likely N-dealkylation sites (N-methyl/N-ethyl adjacent to an activating group) is 1. The summed E-state index contributed by atoms with van der Waals surface area (Å²) in [5, 5.41) is 49.2. The molecule has 0 saturated heterocycles. The maximum Gasteiger partial charge on any atom is 0.150 e. The predicted octanol–water partition coefficient (Wildman–Crippen LogP) is 10.9. The first-order valence-electron chi connectivity index (χ1n) is 20.2. The number of unbranched alkanes of at least 4 members (excludes halogenated alkanes) is 1. The predicted molar refractivity (Wildman–Crippen MR) is 238 cm³/mol. The van der Waals surface area contributed by atoms with Gasteiger partial charge >= 0.3 is 0 Å². The summed E-state index contributed by atoms with van der Waals surface area (Å²) in [5.41, 5.74) is 10.3. The van der Waals surface area contributed by atoms with E-state index in [0.29, 0.717) is 18.9 Å². The van der Waals surface area contributed by atoms with Crippen LogP contribution >= 0.6 is 0 Å². The van der Waals surface area contributed by atoms with Gasteiger partial charge in [0.1, 0.15) is 52.5 Å². The number of hydrogen-bond acceptors (Lipinski definition) is 9. The molecule has 0 bridgehead atoms. The number of nitrogens with zero attached hydrogens (tertiary/aromatic N) is 1. The second-order valence-electron chi connectivity index (χ2n) is 15.0. The van der Waals surface area contributed by atoms with Gasteiger partial charge in [0.05, 0.1) is 13.2 Å². The molecule has 0 fully saturated rings. The maximum atomic E-state index is 10.0. The Balaban J connectivity index is 0.000000181. The number of aliphatic hydroxyl groups excluding tert-OH is 1. The third-order valence-electron chi connectivity index (χ3n) is 10.9. The lowest BCUT2D eigenvalue weighted by Gasteiger charge is -2.31. The van der Waals surface area contributed by atoms with Crippen molar-refractivity contribution in [1.82, 2.24) is 0 Å². The summed E-state index contributed by atoms with van der Waals surface area (Å²) >= 11 is 0. The molecule has 2 unspecified atom stereocenters. The van der Waals surface area contributed by atoms with Crippen LogP contribution in [0.5, 0.6) is 40.2 Å². The molecule has 5 N–H and O–H groups in total. The van der Waals surface area contributed by atoms with Gasteiger partial charge in [-0.25, -0.2) is 0 Å². The Labute approximate surface area is 351 Å². The van der Waals surface area contributed by atoms with E-state index in [0.717, 1.165) is 85.7 Å². The van der Waals surface area contributed by atoms with Gasteiger partial charge in [-0.2, -0.15) is 0 Å². The molecule has 2 aliphatic rings. The summed E-state index contributed by atoms with van der Waals surface area (Å²) in [6.07, 6.45) is 1.43. The third-order valence-corrected chi connectivity index (χ3v) is 10.9. The Morgan fingerprint density at radius 1 is 0.583 bits per heavy atom. The topological polar surface area (TPSA) is 132 Å². The third kappa shape index (κ3) is 9.07. The van der Waals surface area contributed by atoms with Crippen molar-refractivity contribution < 1.29 is 39.7 Å². The zero-order chi connectivity index (χ0) is 42.3. The number of aromatic hydroxyl groups is 4. The molecule has 8 rings (SSSR count). The van der Waals surface area contributed by atoms with Crippen molar-refractivity contribution in [1.29, 1.82) is 0 Å². The quantitative estimate of drug-likeness (QED) is 0.0812. The summed E-state index contributed by atoms with van der Waals surface area (Å²) < 4.78 is 18.6. The molecule has 308 valence electrons. The van der Waals surface area contributed by atoms with Crippen LogP contribution in [0.15, 0.2) is 133 Å². The van der Waals surface area contributed by atoms with E-state index in [-0.39, 0.29) is 41.8 Å². The Kier molecular flexibility index (Phi) is 12.7. The number of benzene rings is 6. The first-order chi connectivity index (χ1) is 29.0. The second-order valence-corrected chi connectivity index (χ2v) is 15.0. The van der Waals surface area contributed by atoms with Crippen LogP contribution in [0.4, 0.5) is 5.69 Å². The van der Waals surface area contributed by atoms with Gasteiger partial charge in [-0.1, -0.05) is 61.9 Å². The molecule has 0 amide bonds. The van der Waals surface area contributed by atoms with E-state index in [2.05, 4.69) is 6.92 Å². The SMILES string of the molecule is CC1=C(c2cccc(O)c2)C(c2ccc(N(C)CCO)cc2)Oc2ccc(O)cc21.CCCCOc1ccc(C2Oc3ccc(O)cc3C(C)=C2c2cccc(O)c2)cc1. The van der Waals surface area contributed by atoms with Gasteiger partial charge in [0.2, 0.25) is 0 Å². The van der Waals surface area contributed by atoms with Gasteiger partial charge in [0.25, 0.3) is 0 Å². The van der Waals surface area contributed by atoms with Crippen LogP contribution in [0.2, 0.25) is 0 Å². The highest BCUT2D eigenvalue weighted by Crippen LogP contribution is 2.49. The summed E-state index contributed by atoms with van der Waals surface area (Å²) in [4.78, 5) is 1.99. The zero-order valence-corrected chi connectivity index (χ0v) is 34.3. The Bertz CT molecular complexity index is 2510. The van der Waals surface area contributed by atoms with Crippen LogP contribution in [-0.2, 0) is 0 Å². The molecule has 0 spiro atoms. The average Bonchev–Trinajstić information content (AvgIpc) is 3.25. The minimum Gasteiger partial charge on any atom is -0.508 e. The molecule has 9 heteroatoms. The maximum absolute atomic E-state index is 10.0. The highest BCUT2D eigenvalue weighted by Gasteiger charge is 2.31. The summed E-state index contributed by atoms with van der Waals surface area (Å²) in [7, 11) is 1.94. The highest BCUT2D eigenvalue weighted by molar-refractivity contribution is 5.97. The van der Waals surface area contributed by atoms with Crippen molar-refractivity contribution in [3.05, 3.63) is 167 Å². The molecule has 0 aliphatic carbocycles. The number of rotatable bonds is 11. The average molecular weight is 806 g/mol. The van der Waals surface area contributed by atoms with Gasteiger partial charge in [-0.15, -0.1) is 0 Å². The molecule has 0 radical (unpaired) electrons. The number of ether oxygens (including phenoxy) is 3. The summed E-state index contributed by atoms with van der Waals surface area (Å²) in [5.74, 6) is 3.04. The van der Waals surface area contributed by atoms with Gasteiger partial charge in [0.15, 0.2) is 0 Å². The van der Waals surface area contributed by atoms with Crippen LogP contribution in [0.3, 0.4) is 0 Å². The summed E-state index contributed by atoms with van der Waals surface area (Å²) in [6.45, 7) is 7.54.